The van der Waals surface area contributed by atoms with Crippen molar-refractivity contribution in [3.05, 3.63) is 46.9 Å². The predicted octanol–water partition coefficient (Wildman–Crippen LogP) is 1.30. The van der Waals surface area contributed by atoms with Gasteiger partial charge in [0.15, 0.2) is 6.20 Å². The van der Waals surface area contributed by atoms with E-state index in [9.17, 15) is 10.1 Å². The van der Waals surface area contributed by atoms with Crippen molar-refractivity contribution in [2.45, 2.75) is 6.54 Å². The molecule has 0 unspecified atom stereocenters. The zero-order chi connectivity index (χ0) is 12.1. The molecule has 88 valence electrons. The maximum absolute atomic E-state index is 10.4. The fraction of sp³-hybridized carbons (Fsp3) is 0.200. The fourth-order valence-electron chi connectivity index (χ4n) is 1.35. The number of pyridine rings is 1. The van der Waals surface area contributed by atoms with E-state index >= 15 is 0 Å². The second-order valence-corrected chi connectivity index (χ2v) is 3.36. The lowest BCUT2D eigenvalue weighted by atomic mass is 10.4. The summed E-state index contributed by atoms with van der Waals surface area (Å²) in [5, 5.41) is 17.6. The van der Waals surface area contributed by atoms with Crippen LogP contribution in [0.4, 0.5) is 11.5 Å². The molecule has 0 aliphatic rings. The molecule has 0 spiro atoms. The molecule has 0 saturated heterocycles. The van der Waals surface area contributed by atoms with Crippen LogP contribution in [0.2, 0.25) is 0 Å². The van der Waals surface area contributed by atoms with Gasteiger partial charge in [-0.2, -0.15) is 5.10 Å². The van der Waals surface area contributed by atoms with Crippen LogP contribution in [-0.4, -0.2) is 26.2 Å². The zero-order valence-electron chi connectivity index (χ0n) is 8.98. The van der Waals surface area contributed by atoms with Crippen LogP contribution < -0.4 is 5.32 Å². The average molecular weight is 233 g/mol. The maximum atomic E-state index is 10.4. The lowest BCUT2D eigenvalue weighted by Crippen LogP contribution is -2.10. The second kappa shape index (κ2) is 5.06. The molecule has 0 aliphatic heterocycles. The number of nitro groups is 1. The van der Waals surface area contributed by atoms with Crippen LogP contribution in [0.15, 0.2) is 36.8 Å². The van der Waals surface area contributed by atoms with Gasteiger partial charge in [0.2, 0.25) is 0 Å². The zero-order valence-corrected chi connectivity index (χ0v) is 8.98. The summed E-state index contributed by atoms with van der Waals surface area (Å²) in [6.07, 6.45) is 5.03. The van der Waals surface area contributed by atoms with Gasteiger partial charge in [-0.15, -0.1) is 0 Å². The van der Waals surface area contributed by atoms with E-state index in [1.807, 2.05) is 12.3 Å². The number of hydrogen-bond donors (Lipinski definition) is 1. The molecule has 2 heterocycles. The van der Waals surface area contributed by atoms with E-state index < -0.39 is 4.92 Å². The molecule has 0 aromatic carbocycles. The van der Waals surface area contributed by atoms with Gasteiger partial charge in [0, 0.05) is 25.0 Å². The summed E-state index contributed by atoms with van der Waals surface area (Å²) in [4.78, 5) is 13.6. The smallest absolute Gasteiger partial charge is 0.363 e. The molecule has 0 fully saturated rings. The van der Waals surface area contributed by atoms with Crippen molar-refractivity contribution < 1.29 is 4.92 Å². The summed E-state index contributed by atoms with van der Waals surface area (Å²) in [5.74, 6) is -0.150. The van der Waals surface area contributed by atoms with E-state index in [1.54, 1.807) is 16.9 Å². The van der Waals surface area contributed by atoms with Crippen LogP contribution in [-0.2, 0) is 6.54 Å². The average Bonchev–Trinajstić information content (AvgIpc) is 2.83. The normalized spacial score (nSPS) is 10.1. The Morgan fingerprint density at radius 2 is 2.35 bits per heavy atom. The third kappa shape index (κ3) is 3.00. The summed E-state index contributed by atoms with van der Waals surface area (Å²) in [5.41, 5.74) is 0.753. The van der Waals surface area contributed by atoms with E-state index in [1.165, 1.54) is 12.3 Å². The summed E-state index contributed by atoms with van der Waals surface area (Å²) < 4.78 is 1.80. The van der Waals surface area contributed by atoms with Gasteiger partial charge in [-0.1, -0.05) is 0 Å². The summed E-state index contributed by atoms with van der Waals surface area (Å²) in [7, 11) is 0. The molecule has 0 aliphatic carbocycles. The van der Waals surface area contributed by atoms with Gasteiger partial charge in [0.05, 0.1) is 12.2 Å². The summed E-state index contributed by atoms with van der Waals surface area (Å²) in [6.45, 7) is 1.41. The standard InChI is InChI=1S/C10H11N5O2/c16-15(17)10-3-2-9(8-12-10)11-5-7-14-6-1-4-13-14/h1-4,6,8,11H,5,7H2. The summed E-state index contributed by atoms with van der Waals surface area (Å²) in [6, 6.07) is 4.86. The SMILES string of the molecule is O=[N+]([O-])c1ccc(NCCn2cccn2)cn1. The van der Waals surface area contributed by atoms with Crippen molar-refractivity contribution in [3.63, 3.8) is 0 Å². The molecule has 17 heavy (non-hydrogen) atoms. The Balaban J connectivity index is 1.85. The highest BCUT2D eigenvalue weighted by molar-refractivity contribution is 5.43. The number of nitrogens with zero attached hydrogens (tertiary/aromatic N) is 4. The molecule has 2 aromatic rings. The molecule has 0 amide bonds. The van der Waals surface area contributed by atoms with Crippen molar-refractivity contribution in [1.29, 1.82) is 0 Å². The van der Waals surface area contributed by atoms with Gasteiger partial charge < -0.3 is 15.4 Å². The van der Waals surface area contributed by atoms with E-state index in [0.29, 0.717) is 6.54 Å². The molecular weight excluding hydrogens is 222 g/mol. The highest BCUT2D eigenvalue weighted by atomic mass is 16.6. The van der Waals surface area contributed by atoms with E-state index in [2.05, 4.69) is 15.4 Å². The Labute approximate surface area is 97.2 Å². The number of rotatable bonds is 5. The Morgan fingerprint density at radius 3 is 2.94 bits per heavy atom. The van der Waals surface area contributed by atoms with Crippen molar-refractivity contribution in [2.24, 2.45) is 0 Å². The third-order valence-electron chi connectivity index (χ3n) is 2.16. The van der Waals surface area contributed by atoms with Gasteiger partial charge in [0.1, 0.15) is 0 Å². The van der Waals surface area contributed by atoms with Gasteiger partial charge >= 0.3 is 5.82 Å². The minimum absolute atomic E-state index is 0.150. The molecule has 0 radical (unpaired) electrons. The quantitative estimate of drug-likeness (QED) is 0.621. The number of anilines is 1. The number of nitrogens with one attached hydrogen (secondary N) is 1. The number of aromatic nitrogens is 3. The Hall–Kier alpha value is -2.44. The van der Waals surface area contributed by atoms with Gasteiger partial charge in [0.25, 0.3) is 0 Å². The Morgan fingerprint density at radius 1 is 1.47 bits per heavy atom. The minimum atomic E-state index is -0.520. The monoisotopic (exact) mass is 233 g/mol. The molecule has 2 rings (SSSR count). The first-order valence-corrected chi connectivity index (χ1v) is 5.07. The first-order chi connectivity index (χ1) is 8.25. The highest BCUT2D eigenvalue weighted by Gasteiger charge is 2.05. The van der Waals surface area contributed by atoms with E-state index in [0.717, 1.165) is 12.2 Å². The van der Waals surface area contributed by atoms with Crippen LogP contribution in [0, 0.1) is 10.1 Å². The lowest BCUT2D eigenvalue weighted by Gasteiger charge is -2.04. The fourth-order valence-corrected chi connectivity index (χ4v) is 1.35. The molecule has 7 heteroatoms. The van der Waals surface area contributed by atoms with Gasteiger partial charge in [-0.3, -0.25) is 4.68 Å². The largest absolute Gasteiger partial charge is 0.380 e. The van der Waals surface area contributed by atoms with E-state index in [4.69, 9.17) is 0 Å². The second-order valence-electron chi connectivity index (χ2n) is 3.36. The molecule has 7 nitrogen and oxygen atoms in total. The highest BCUT2D eigenvalue weighted by Crippen LogP contribution is 2.10. The topological polar surface area (TPSA) is 85.9 Å². The van der Waals surface area contributed by atoms with Crippen LogP contribution in [0.5, 0.6) is 0 Å². The van der Waals surface area contributed by atoms with Crippen LogP contribution in [0.1, 0.15) is 0 Å². The Bertz CT molecular complexity index is 480. The van der Waals surface area contributed by atoms with Crippen molar-refractivity contribution in [2.75, 3.05) is 11.9 Å². The van der Waals surface area contributed by atoms with E-state index in [-0.39, 0.29) is 5.82 Å². The van der Waals surface area contributed by atoms with Gasteiger partial charge in [-0.05, 0) is 22.0 Å². The Kier molecular flexibility index (Phi) is 3.29. The maximum Gasteiger partial charge on any atom is 0.363 e. The van der Waals surface area contributed by atoms with Crippen molar-refractivity contribution in [1.82, 2.24) is 14.8 Å². The lowest BCUT2D eigenvalue weighted by molar-refractivity contribution is -0.389. The minimum Gasteiger partial charge on any atom is -0.380 e. The first-order valence-electron chi connectivity index (χ1n) is 5.07. The molecular formula is C10H11N5O2. The molecule has 1 N–H and O–H groups in total. The van der Waals surface area contributed by atoms with Crippen molar-refractivity contribution in [3.8, 4) is 0 Å². The van der Waals surface area contributed by atoms with Crippen LogP contribution >= 0.6 is 0 Å². The summed E-state index contributed by atoms with van der Waals surface area (Å²) >= 11 is 0. The van der Waals surface area contributed by atoms with Crippen LogP contribution in [0.3, 0.4) is 0 Å². The predicted molar refractivity (Wildman–Crippen MR) is 61.6 cm³/mol. The van der Waals surface area contributed by atoms with Crippen molar-refractivity contribution >= 4 is 11.5 Å². The third-order valence-corrected chi connectivity index (χ3v) is 2.16. The number of hydrogen-bond acceptors (Lipinski definition) is 5. The molecule has 0 bridgehead atoms. The first kappa shape index (κ1) is 11.1. The molecule has 0 saturated carbocycles. The van der Waals surface area contributed by atoms with Gasteiger partial charge in [-0.25, -0.2) is 0 Å². The molecule has 2 aromatic heterocycles. The molecule has 0 atom stereocenters. The van der Waals surface area contributed by atoms with Crippen LogP contribution in [0.25, 0.3) is 0 Å².